The molecule has 0 fully saturated rings. The van der Waals surface area contributed by atoms with Gasteiger partial charge in [-0.15, -0.1) is 0 Å². The first-order valence-electron chi connectivity index (χ1n) is 6.96. The number of anilines is 1. The molecule has 5 nitrogen and oxygen atoms in total. The first-order valence-corrected chi connectivity index (χ1v) is 8.82. The number of aromatic carboxylic acids is 1. The second-order valence-corrected chi connectivity index (χ2v) is 7.44. The minimum Gasteiger partial charge on any atom is -0.478 e. The number of sulfonamides is 1. The van der Waals surface area contributed by atoms with Gasteiger partial charge in [-0.25, -0.2) is 13.2 Å². The predicted molar refractivity (Wildman–Crippen MR) is 85.7 cm³/mol. The topological polar surface area (TPSA) is 83.5 Å². The number of rotatable bonds is 4. The molecule has 0 aromatic heterocycles. The monoisotopic (exact) mass is 447 g/mol. The van der Waals surface area contributed by atoms with Gasteiger partial charge >= 0.3 is 18.3 Å². The van der Waals surface area contributed by atoms with Crippen LogP contribution in [0.2, 0.25) is 5.02 Å². The molecule has 2 rings (SSSR count). The normalized spacial score (nSPS) is 12.7. The molecule has 0 unspecified atom stereocenters. The SMILES string of the molecule is O=C(O)c1cc(NS(=O)(=O)c2cc(C(F)(F)F)cc(C(F)(F)F)c2)ccc1Cl. The van der Waals surface area contributed by atoms with Crippen molar-refractivity contribution in [2.24, 2.45) is 0 Å². The summed E-state index contributed by atoms with van der Waals surface area (Å²) < 4.78 is 104. The van der Waals surface area contributed by atoms with Crippen LogP contribution in [0.5, 0.6) is 0 Å². The van der Waals surface area contributed by atoms with E-state index in [1.165, 1.54) is 0 Å². The van der Waals surface area contributed by atoms with Gasteiger partial charge in [0, 0.05) is 5.69 Å². The Kier molecular flexibility index (Phi) is 5.59. The van der Waals surface area contributed by atoms with Gasteiger partial charge in [0.25, 0.3) is 10.0 Å². The lowest BCUT2D eigenvalue weighted by atomic mass is 10.1. The van der Waals surface area contributed by atoms with E-state index in [9.17, 15) is 39.6 Å². The molecule has 0 saturated carbocycles. The van der Waals surface area contributed by atoms with Crippen LogP contribution in [0.1, 0.15) is 21.5 Å². The van der Waals surface area contributed by atoms with Crippen molar-refractivity contribution in [1.29, 1.82) is 0 Å². The first-order chi connectivity index (χ1) is 12.6. The first kappa shape index (κ1) is 21.8. The lowest BCUT2D eigenvalue weighted by Gasteiger charge is -2.15. The van der Waals surface area contributed by atoms with Crippen LogP contribution in [0.15, 0.2) is 41.3 Å². The molecule has 0 aliphatic carbocycles. The van der Waals surface area contributed by atoms with Crippen LogP contribution in [0.3, 0.4) is 0 Å². The Balaban J connectivity index is 2.57. The van der Waals surface area contributed by atoms with Crippen molar-refractivity contribution in [3.05, 3.63) is 58.1 Å². The summed E-state index contributed by atoms with van der Waals surface area (Å²) >= 11 is 5.61. The molecule has 2 aromatic carbocycles. The van der Waals surface area contributed by atoms with E-state index < -0.39 is 55.6 Å². The Morgan fingerprint density at radius 1 is 0.929 bits per heavy atom. The number of carboxylic acid groups (broad SMARTS) is 1. The van der Waals surface area contributed by atoms with E-state index in [0.29, 0.717) is 0 Å². The Morgan fingerprint density at radius 3 is 1.86 bits per heavy atom. The lowest BCUT2D eigenvalue weighted by Crippen LogP contribution is -2.17. The molecule has 2 aromatic rings. The smallest absolute Gasteiger partial charge is 0.416 e. The number of carbonyl (C=O) groups is 1. The molecular weight excluding hydrogens is 440 g/mol. The highest BCUT2D eigenvalue weighted by Gasteiger charge is 2.38. The molecule has 2 N–H and O–H groups in total. The fourth-order valence-electron chi connectivity index (χ4n) is 2.05. The molecule has 0 radical (unpaired) electrons. The zero-order chi connectivity index (χ0) is 21.5. The van der Waals surface area contributed by atoms with Gasteiger partial charge in [0.1, 0.15) is 0 Å². The summed E-state index contributed by atoms with van der Waals surface area (Å²) in [6.07, 6.45) is -10.5. The Labute approximate surface area is 158 Å². The predicted octanol–water partition coefficient (Wildman–Crippen LogP) is 4.88. The minimum atomic E-state index is -5.23. The summed E-state index contributed by atoms with van der Waals surface area (Å²) in [6, 6.07) is 2.60. The van der Waals surface area contributed by atoms with E-state index in [1.54, 1.807) is 4.72 Å². The third-order valence-corrected chi connectivity index (χ3v) is 5.01. The van der Waals surface area contributed by atoms with E-state index in [0.717, 1.165) is 18.2 Å². The van der Waals surface area contributed by atoms with Crippen molar-refractivity contribution in [2.75, 3.05) is 4.72 Å². The molecule has 0 saturated heterocycles. The lowest BCUT2D eigenvalue weighted by molar-refractivity contribution is -0.143. The van der Waals surface area contributed by atoms with Gasteiger partial charge in [-0.3, -0.25) is 4.72 Å². The maximum absolute atomic E-state index is 12.9. The summed E-state index contributed by atoms with van der Waals surface area (Å²) in [6.45, 7) is 0. The van der Waals surface area contributed by atoms with Crippen molar-refractivity contribution in [2.45, 2.75) is 17.2 Å². The average molecular weight is 448 g/mol. The van der Waals surface area contributed by atoms with Crippen LogP contribution in [0.4, 0.5) is 32.0 Å². The van der Waals surface area contributed by atoms with Crippen LogP contribution in [0.25, 0.3) is 0 Å². The summed E-state index contributed by atoms with van der Waals surface area (Å²) in [4.78, 5) is 9.70. The van der Waals surface area contributed by atoms with Crippen LogP contribution in [-0.2, 0) is 22.4 Å². The third kappa shape index (κ3) is 4.87. The van der Waals surface area contributed by atoms with Gasteiger partial charge in [0.05, 0.1) is 26.6 Å². The van der Waals surface area contributed by atoms with E-state index in [1.807, 2.05) is 0 Å². The number of carboxylic acids is 1. The van der Waals surface area contributed by atoms with Gasteiger partial charge in [-0.05, 0) is 36.4 Å². The van der Waals surface area contributed by atoms with Crippen molar-refractivity contribution < 1.29 is 44.7 Å². The number of hydrogen-bond donors (Lipinski definition) is 2. The van der Waals surface area contributed by atoms with Crippen molar-refractivity contribution in [3.63, 3.8) is 0 Å². The maximum atomic E-state index is 12.9. The molecule has 0 aliphatic rings. The number of alkyl halides is 6. The number of hydrogen-bond acceptors (Lipinski definition) is 3. The highest BCUT2D eigenvalue weighted by molar-refractivity contribution is 7.92. The quantitative estimate of drug-likeness (QED) is 0.655. The average Bonchev–Trinajstić information content (AvgIpc) is 2.54. The Hall–Kier alpha value is -2.47. The second-order valence-electron chi connectivity index (χ2n) is 5.35. The number of benzene rings is 2. The Morgan fingerprint density at radius 2 is 1.43 bits per heavy atom. The fourth-order valence-corrected chi connectivity index (χ4v) is 3.37. The number of halogens is 7. The van der Waals surface area contributed by atoms with E-state index >= 15 is 0 Å². The van der Waals surface area contributed by atoms with E-state index in [-0.39, 0.29) is 23.2 Å². The van der Waals surface area contributed by atoms with E-state index in [2.05, 4.69) is 0 Å². The van der Waals surface area contributed by atoms with Crippen LogP contribution >= 0.6 is 11.6 Å². The zero-order valence-electron chi connectivity index (χ0n) is 13.2. The highest BCUT2D eigenvalue weighted by Crippen LogP contribution is 2.37. The van der Waals surface area contributed by atoms with Crippen LogP contribution < -0.4 is 4.72 Å². The van der Waals surface area contributed by atoms with Crippen molar-refractivity contribution in [3.8, 4) is 0 Å². The molecule has 28 heavy (non-hydrogen) atoms. The summed E-state index contributed by atoms with van der Waals surface area (Å²) in [7, 11) is -4.92. The van der Waals surface area contributed by atoms with Gasteiger partial charge in [0.15, 0.2) is 0 Å². The van der Waals surface area contributed by atoms with Crippen molar-refractivity contribution >= 4 is 33.3 Å². The van der Waals surface area contributed by atoms with Gasteiger partial charge in [-0.2, -0.15) is 26.3 Å². The molecular formula is C15H8ClF6NO4S. The third-order valence-electron chi connectivity index (χ3n) is 3.32. The second kappa shape index (κ2) is 7.17. The number of nitrogens with one attached hydrogen (secondary N) is 1. The molecule has 0 bridgehead atoms. The molecule has 0 heterocycles. The summed E-state index contributed by atoms with van der Waals surface area (Å²) in [5.74, 6) is -1.52. The molecule has 152 valence electrons. The van der Waals surface area contributed by atoms with E-state index in [4.69, 9.17) is 16.7 Å². The zero-order valence-corrected chi connectivity index (χ0v) is 14.8. The standard InChI is InChI=1S/C15H8ClF6NO4S/c16-12-2-1-9(6-11(12)13(24)25)23-28(26,27)10-4-7(14(17,18)19)3-8(5-10)15(20,21)22/h1-6,23H,(H,24,25). The van der Waals surface area contributed by atoms with Gasteiger partial charge in [0.2, 0.25) is 0 Å². The van der Waals surface area contributed by atoms with Crippen LogP contribution in [0, 0.1) is 0 Å². The van der Waals surface area contributed by atoms with Crippen LogP contribution in [-0.4, -0.2) is 19.5 Å². The maximum Gasteiger partial charge on any atom is 0.416 e. The summed E-state index contributed by atoms with van der Waals surface area (Å²) in [5, 5.41) is 8.69. The molecule has 0 aliphatic heterocycles. The fraction of sp³-hybridized carbons (Fsp3) is 0.133. The highest BCUT2D eigenvalue weighted by atomic mass is 35.5. The molecule has 0 amide bonds. The largest absolute Gasteiger partial charge is 0.478 e. The van der Waals surface area contributed by atoms with Crippen molar-refractivity contribution in [1.82, 2.24) is 0 Å². The minimum absolute atomic E-state index is 0.0333. The van der Waals surface area contributed by atoms with Gasteiger partial charge < -0.3 is 5.11 Å². The van der Waals surface area contributed by atoms with Gasteiger partial charge in [-0.1, -0.05) is 11.6 Å². The summed E-state index contributed by atoms with van der Waals surface area (Å²) in [5.41, 5.74) is -4.58. The molecule has 13 heteroatoms. The molecule has 0 spiro atoms. The molecule has 0 atom stereocenters. The Bertz CT molecular complexity index is 1000.